The summed E-state index contributed by atoms with van der Waals surface area (Å²) in [5.41, 5.74) is 1.26. The van der Waals surface area contributed by atoms with Gasteiger partial charge in [-0.3, -0.25) is 4.90 Å². The fourth-order valence-corrected chi connectivity index (χ4v) is 2.86. The normalized spacial score (nSPS) is 22.1. The molecule has 2 aliphatic rings. The molecule has 1 aromatic carbocycles. The fraction of sp³-hybridized carbons (Fsp3) is 0.538. The van der Waals surface area contributed by atoms with Gasteiger partial charge in [0.15, 0.2) is 11.5 Å². The van der Waals surface area contributed by atoms with Crippen LogP contribution in [0, 0.1) is 0 Å². The number of fused-ring (bicyclic) bond motifs is 1. The highest BCUT2D eigenvalue weighted by Crippen LogP contribution is 2.37. The van der Waals surface area contributed by atoms with E-state index >= 15 is 0 Å². The molecule has 1 saturated heterocycles. The molecule has 19 heavy (non-hydrogen) atoms. The number of ether oxygens (including phenoxy) is 2. The molecule has 0 amide bonds. The molecule has 0 aliphatic carbocycles. The van der Waals surface area contributed by atoms with Gasteiger partial charge in [0, 0.05) is 36.7 Å². The second-order valence-electron chi connectivity index (χ2n) is 4.82. The molecular weight excluding hydrogens is 332 g/mol. The predicted molar refractivity (Wildman–Crippen MR) is 80.3 cm³/mol. The van der Waals surface area contributed by atoms with E-state index in [1.54, 1.807) is 0 Å². The van der Waals surface area contributed by atoms with E-state index in [0.717, 1.165) is 42.2 Å². The number of nitrogens with one attached hydrogen (secondary N) is 1. The lowest BCUT2D eigenvalue weighted by molar-refractivity contribution is 0.164. The smallest absolute Gasteiger partial charge is 0.231 e. The third kappa shape index (κ3) is 3.16. The number of nitrogens with zero attached hydrogens (tertiary/aromatic N) is 1. The highest BCUT2D eigenvalue weighted by atomic mass is 79.9. The lowest BCUT2D eigenvalue weighted by Gasteiger charge is -2.34. The zero-order chi connectivity index (χ0) is 12.5. The van der Waals surface area contributed by atoms with Crippen LogP contribution in [0.5, 0.6) is 11.5 Å². The largest absolute Gasteiger partial charge is 0.454 e. The first-order valence-corrected chi connectivity index (χ1v) is 7.06. The lowest BCUT2D eigenvalue weighted by Crippen LogP contribution is -2.49. The van der Waals surface area contributed by atoms with Gasteiger partial charge in [-0.25, -0.2) is 0 Å². The van der Waals surface area contributed by atoms with Crippen LogP contribution in [0.1, 0.15) is 12.5 Å². The topological polar surface area (TPSA) is 33.7 Å². The maximum absolute atomic E-state index is 5.44. The molecule has 4 nitrogen and oxygen atoms in total. The first kappa shape index (κ1) is 14.9. The summed E-state index contributed by atoms with van der Waals surface area (Å²) in [6.07, 6.45) is 0. The van der Waals surface area contributed by atoms with Crippen molar-refractivity contribution in [3.63, 3.8) is 0 Å². The van der Waals surface area contributed by atoms with E-state index in [9.17, 15) is 0 Å². The monoisotopic (exact) mass is 348 g/mol. The minimum absolute atomic E-state index is 0. The fourth-order valence-electron chi connectivity index (χ4n) is 2.42. The van der Waals surface area contributed by atoms with Crippen molar-refractivity contribution in [1.29, 1.82) is 0 Å². The quantitative estimate of drug-likeness (QED) is 0.889. The van der Waals surface area contributed by atoms with Gasteiger partial charge < -0.3 is 14.8 Å². The van der Waals surface area contributed by atoms with Gasteiger partial charge in [0.1, 0.15) is 0 Å². The van der Waals surface area contributed by atoms with Crippen LogP contribution in [0.3, 0.4) is 0 Å². The van der Waals surface area contributed by atoms with E-state index in [0.29, 0.717) is 12.8 Å². The van der Waals surface area contributed by atoms with E-state index in [2.05, 4.69) is 39.1 Å². The van der Waals surface area contributed by atoms with Crippen molar-refractivity contribution in [2.45, 2.75) is 19.5 Å². The first-order valence-electron chi connectivity index (χ1n) is 6.27. The van der Waals surface area contributed by atoms with Gasteiger partial charge in [-0.15, -0.1) is 12.4 Å². The molecule has 0 saturated carbocycles. The van der Waals surface area contributed by atoms with Gasteiger partial charge in [-0.05, 0) is 24.6 Å². The number of piperazine rings is 1. The molecule has 1 atom stereocenters. The molecule has 0 radical (unpaired) electrons. The minimum atomic E-state index is 0. The summed E-state index contributed by atoms with van der Waals surface area (Å²) in [6, 6.07) is 4.65. The summed E-state index contributed by atoms with van der Waals surface area (Å²) in [4.78, 5) is 2.48. The van der Waals surface area contributed by atoms with Crippen molar-refractivity contribution in [3.05, 3.63) is 22.2 Å². The number of hydrogen-bond donors (Lipinski definition) is 1. The number of benzene rings is 1. The predicted octanol–water partition coefficient (Wildman–Crippen LogP) is 2.39. The summed E-state index contributed by atoms with van der Waals surface area (Å²) in [7, 11) is 0. The number of hydrogen-bond acceptors (Lipinski definition) is 4. The molecule has 0 aromatic heterocycles. The van der Waals surface area contributed by atoms with Crippen LogP contribution in [0.4, 0.5) is 0 Å². The van der Waals surface area contributed by atoms with Crippen molar-refractivity contribution >= 4 is 28.3 Å². The molecular formula is C13H18BrClN2O2. The van der Waals surface area contributed by atoms with Gasteiger partial charge in [-0.2, -0.15) is 0 Å². The molecule has 1 fully saturated rings. The van der Waals surface area contributed by atoms with Crippen LogP contribution < -0.4 is 14.8 Å². The van der Waals surface area contributed by atoms with Crippen LogP contribution in [0.15, 0.2) is 16.6 Å². The summed E-state index contributed by atoms with van der Waals surface area (Å²) in [6.45, 7) is 6.74. The Labute approximate surface area is 128 Å². The number of halogens is 2. The Kier molecular flexibility index (Phi) is 4.95. The Morgan fingerprint density at radius 2 is 2.11 bits per heavy atom. The van der Waals surface area contributed by atoms with E-state index in [-0.39, 0.29) is 12.4 Å². The molecule has 6 heteroatoms. The third-order valence-electron chi connectivity index (χ3n) is 3.55. The van der Waals surface area contributed by atoms with Crippen LogP contribution in [-0.2, 0) is 6.54 Å². The summed E-state index contributed by atoms with van der Waals surface area (Å²) >= 11 is 3.62. The zero-order valence-corrected chi connectivity index (χ0v) is 13.2. The molecule has 106 valence electrons. The van der Waals surface area contributed by atoms with Gasteiger partial charge >= 0.3 is 0 Å². The van der Waals surface area contributed by atoms with Crippen molar-refractivity contribution < 1.29 is 9.47 Å². The van der Waals surface area contributed by atoms with Gasteiger partial charge in [0.05, 0.1) is 0 Å². The van der Waals surface area contributed by atoms with Gasteiger partial charge in [-0.1, -0.05) is 15.9 Å². The van der Waals surface area contributed by atoms with Crippen LogP contribution in [-0.4, -0.2) is 37.4 Å². The maximum Gasteiger partial charge on any atom is 0.231 e. The SMILES string of the molecule is C[C@H]1CNCCN1Cc1cc2c(cc1Br)OCO2.Cl. The van der Waals surface area contributed by atoms with Crippen LogP contribution in [0.2, 0.25) is 0 Å². The van der Waals surface area contributed by atoms with Crippen LogP contribution >= 0.6 is 28.3 Å². The third-order valence-corrected chi connectivity index (χ3v) is 4.29. The summed E-state index contributed by atoms with van der Waals surface area (Å²) < 4.78 is 11.9. The van der Waals surface area contributed by atoms with E-state index in [1.165, 1.54) is 5.56 Å². The molecule has 0 spiro atoms. The van der Waals surface area contributed by atoms with E-state index in [4.69, 9.17) is 9.47 Å². The van der Waals surface area contributed by atoms with E-state index < -0.39 is 0 Å². The molecule has 0 unspecified atom stereocenters. The Morgan fingerprint density at radius 1 is 1.37 bits per heavy atom. The standard InChI is InChI=1S/C13H17BrN2O2.ClH/c1-9-6-15-2-3-16(9)7-10-4-12-13(5-11(10)14)18-8-17-12;/h4-5,9,15H,2-3,6-8H2,1H3;1H/t9-;/m0./s1. The molecule has 1 N–H and O–H groups in total. The minimum Gasteiger partial charge on any atom is -0.454 e. The second-order valence-corrected chi connectivity index (χ2v) is 5.67. The Morgan fingerprint density at radius 3 is 2.84 bits per heavy atom. The average molecular weight is 350 g/mol. The summed E-state index contributed by atoms with van der Waals surface area (Å²) in [5.74, 6) is 1.69. The molecule has 0 bridgehead atoms. The number of rotatable bonds is 2. The molecule has 2 heterocycles. The second kappa shape index (κ2) is 6.31. The van der Waals surface area contributed by atoms with Gasteiger partial charge in [0.2, 0.25) is 6.79 Å². The van der Waals surface area contributed by atoms with Crippen LogP contribution in [0.25, 0.3) is 0 Å². The first-order chi connectivity index (χ1) is 8.74. The van der Waals surface area contributed by atoms with Crippen molar-refractivity contribution in [2.75, 3.05) is 26.4 Å². The average Bonchev–Trinajstić information content (AvgIpc) is 2.79. The van der Waals surface area contributed by atoms with E-state index in [1.807, 2.05) is 6.07 Å². The maximum atomic E-state index is 5.44. The zero-order valence-electron chi connectivity index (χ0n) is 10.8. The van der Waals surface area contributed by atoms with Gasteiger partial charge in [0.25, 0.3) is 0 Å². The summed E-state index contributed by atoms with van der Waals surface area (Å²) in [5, 5.41) is 3.41. The Bertz CT molecular complexity index is 459. The molecule has 2 aliphatic heterocycles. The van der Waals surface area contributed by atoms with Crippen molar-refractivity contribution in [1.82, 2.24) is 10.2 Å². The molecule has 3 rings (SSSR count). The highest BCUT2D eigenvalue weighted by molar-refractivity contribution is 9.10. The highest BCUT2D eigenvalue weighted by Gasteiger charge is 2.21. The Balaban J connectivity index is 0.00000133. The Hall–Kier alpha value is -0.490. The van der Waals surface area contributed by atoms with Crippen molar-refractivity contribution in [2.24, 2.45) is 0 Å². The lowest BCUT2D eigenvalue weighted by atomic mass is 10.1. The van der Waals surface area contributed by atoms with Crippen molar-refractivity contribution in [3.8, 4) is 11.5 Å². The molecule has 1 aromatic rings.